The Morgan fingerprint density at radius 1 is 1.09 bits per heavy atom. The summed E-state index contributed by atoms with van der Waals surface area (Å²) in [5.74, 6) is 0.918. The van der Waals surface area contributed by atoms with Gasteiger partial charge < -0.3 is 10.3 Å². The van der Waals surface area contributed by atoms with Crippen molar-refractivity contribution in [2.75, 3.05) is 5.32 Å². The van der Waals surface area contributed by atoms with E-state index in [0.717, 1.165) is 47.4 Å². The molecule has 0 saturated carbocycles. The van der Waals surface area contributed by atoms with Gasteiger partial charge in [0.15, 0.2) is 0 Å². The molecule has 0 unspecified atom stereocenters. The Balaban J connectivity index is 1.68. The van der Waals surface area contributed by atoms with Gasteiger partial charge in [0.2, 0.25) is 5.91 Å². The zero-order valence-corrected chi connectivity index (χ0v) is 13.3. The predicted octanol–water partition coefficient (Wildman–Crippen LogP) is 4.75. The first-order chi connectivity index (χ1) is 11.3. The third-order valence-electron chi connectivity index (χ3n) is 3.84. The molecule has 23 heavy (non-hydrogen) atoms. The van der Waals surface area contributed by atoms with E-state index >= 15 is 0 Å². The number of amides is 1. The lowest BCUT2D eigenvalue weighted by atomic mass is 10.1. The number of anilines is 1. The number of benzene rings is 2. The lowest BCUT2D eigenvalue weighted by Gasteiger charge is -2.05. The molecule has 118 valence electrons. The first-order valence-electron chi connectivity index (χ1n) is 8.11. The van der Waals surface area contributed by atoms with E-state index in [4.69, 9.17) is 0 Å². The summed E-state index contributed by atoms with van der Waals surface area (Å²) in [5.41, 5.74) is 3.81. The number of hydrogen-bond donors (Lipinski definition) is 2. The van der Waals surface area contributed by atoms with E-state index in [1.807, 2.05) is 48.5 Å². The fourth-order valence-electron chi connectivity index (χ4n) is 2.56. The van der Waals surface area contributed by atoms with Gasteiger partial charge in [-0.3, -0.25) is 4.79 Å². The number of rotatable bonds is 6. The fourth-order valence-corrected chi connectivity index (χ4v) is 2.56. The molecule has 1 aromatic heterocycles. The largest absolute Gasteiger partial charge is 0.338 e. The van der Waals surface area contributed by atoms with Gasteiger partial charge in [0, 0.05) is 17.7 Å². The number of para-hydroxylation sites is 2. The van der Waals surface area contributed by atoms with Crippen molar-refractivity contribution in [1.82, 2.24) is 9.97 Å². The molecule has 2 aromatic carbocycles. The molecule has 4 nitrogen and oxygen atoms in total. The lowest BCUT2D eigenvalue weighted by Crippen LogP contribution is -2.10. The zero-order valence-electron chi connectivity index (χ0n) is 13.3. The number of nitrogens with zero attached hydrogens (tertiary/aromatic N) is 1. The highest BCUT2D eigenvalue weighted by atomic mass is 16.1. The molecular weight excluding hydrogens is 286 g/mol. The Morgan fingerprint density at radius 2 is 1.87 bits per heavy atom. The first-order valence-corrected chi connectivity index (χ1v) is 8.11. The Morgan fingerprint density at radius 3 is 2.61 bits per heavy atom. The van der Waals surface area contributed by atoms with Gasteiger partial charge in [-0.1, -0.05) is 31.9 Å². The molecule has 1 amide bonds. The Hall–Kier alpha value is -2.62. The number of carbonyl (C=O) groups excluding carboxylic acids is 1. The molecule has 0 atom stereocenters. The highest BCUT2D eigenvalue weighted by molar-refractivity contribution is 5.91. The normalized spacial score (nSPS) is 10.8. The number of fused-ring (bicyclic) bond motifs is 1. The van der Waals surface area contributed by atoms with Crippen LogP contribution in [0.15, 0.2) is 48.5 Å². The van der Waals surface area contributed by atoms with E-state index < -0.39 is 0 Å². The van der Waals surface area contributed by atoms with Crippen LogP contribution in [-0.2, 0) is 4.79 Å². The van der Waals surface area contributed by atoms with Crippen molar-refractivity contribution < 1.29 is 4.79 Å². The van der Waals surface area contributed by atoms with Crippen LogP contribution in [0.3, 0.4) is 0 Å². The van der Waals surface area contributed by atoms with Crippen molar-refractivity contribution in [1.29, 1.82) is 0 Å². The van der Waals surface area contributed by atoms with Crippen LogP contribution in [0.2, 0.25) is 0 Å². The highest BCUT2D eigenvalue weighted by Crippen LogP contribution is 2.22. The molecule has 0 radical (unpaired) electrons. The third-order valence-corrected chi connectivity index (χ3v) is 3.84. The first kappa shape index (κ1) is 15.3. The van der Waals surface area contributed by atoms with E-state index in [2.05, 4.69) is 22.2 Å². The minimum absolute atomic E-state index is 0.0786. The van der Waals surface area contributed by atoms with Crippen LogP contribution in [0.4, 0.5) is 5.69 Å². The van der Waals surface area contributed by atoms with E-state index in [0.29, 0.717) is 6.42 Å². The number of carbonyl (C=O) groups is 1. The van der Waals surface area contributed by atoms with Gasteiger partial charge in [0.1, 0.15) is 5.82 Å². The van der Waals surface area contributed by atoms with Gasteiger partial charge in [-0.2, -0.15) is 0 Å². The topological polar surface area (TPSA) is 57.8 Å². The van der Waals surface area contributed by atoms with Crippen molar-refractivity contribution in [3.63, 3.8) is 0 Å². The second kappa shape index (κ2) is 7.09. The van der Waals surface area contributed by atoms with Crippen LogP contribution in [-0.4, -0.2) is 15.9 Å². The maximum absolute atomic E-state index is 11.8. The molecule has 3 aromatic rings. The summed E-state index contributed by atoms with van der Waals surface area (Å²) in [7, 11) is 0. The number of hydrogen-bond acceptors (Lipinski definition) is 2. The minimum atomic E-state index is 0.0786. The summed E-state index contributed by atoms with van der Waals surface area (Å²) >= 11 is 0. The average Bonchev–Trinajstić information content (AvgIpc) is 3.00. The Labute approximate surface area is 136 Å². The van der Waals surface area contributed by atoms with E-state index in [-0.39, 0.29) is 5.91 Å². The zero-order chi connectivity index (χ0) is 16.1. The van der Waals surface area contributed by atoms with Gasteiger partial charge in [-0.15, -0.1) is 0 Å². The average molecular weight is 307 g/mol. The maximum Gasteiger partial charge on any atom is 0.224 e. The van der Waals surface area contributed by atoms with Gasteiger partial charge in [-0.05, 0) is 42.8 Å². The van der Waals surface area contributed by atoms with Crippen LogP contribution < -0.4 is 5.32 Å². The number of aromatic amines is 1. The third kappa shape index (κ3) is 3.77. The van der Waals surface area contributed by atoms with Gasteiger partial charge in [0.05, 0.1) is 11.0 Å². The molecule has 0 fully saturated rings. The highest BCUT2D eigenvalue weighted by Gasteiger charge is 2.06. The quantitative estimate of drug-likeness (QED) is 0.646. The van der Waals surface area contributed by atoms with Crippen LogP contribution in [0, 0.1) is 0 Å². The second-order valence-electron chi connectivity index (χ2n) is 5.69. The minimum Gasteiger partial charge on any atom is -0.338 e. The maximum atomic E-state index is 11.8. The molecule has 0 aliphatic heterocycles. The SMILES string of the molecule is CCCCCC(=O)Nc1ccc(-c2nc3ccccc3[nH]2)cc1. The molecule has 4 heteroatoms. The van der Waals surface area contributed by atoms with Crippen LogP contribution >= 0.6 is 0 Å². The van der Waals surface area contributed by atoms with Gasteiger partial charge in [0.25, 0.3) is 0 Å². The van der Waals surface area contributed by atoms with E-state index in [1.54, 1.807) is 0 Å². The molecule has 0 bridgehead atoms. The van der Waals surface area contributed by atoms with Crippen molar-refractivity contribution in [3.8, 4) is 11.4 Å². The fraction of sp³-hybridized carbons (Fsp3) is 0.263. The molecular formula is C19H21N3O. The molecule has 3 rings (SSSR count). The molecule has 2 N–H and O–H groups in total. The standard InChI is InChI=1S/C19H21N3O/c1-2-3-4-9-18(23)20-15-12-10-14(11-13-15)19-21-16-7-5-6-8-17(16)22-19/h5-8,10-13H,2-4,9H2,1H3,(H,20,23)(H,21,22). The smallest absolute Gasteiger partial charge is 0.224 e. The van der Waals surface area contributed by atoms with Crippen molar-refractivity contribution in [3.05, 3.63) is 48.5 Å². The van der Waals surface area contributed by atoms with Crippen molar-refractivity contribution in [2.24, 2.45) is 0 Å². The lowest BCUT2D eigenvalue weighted by molar-refractivity contribution is -0.116. The molecule has 0 spiro atoms. The molecule has 0 saturated heterocycles. The summed E-state index contributed by atoms with van der Waals surface area (Å²) < 4.78 is 0. The number of aromatic nitrogens is 2. The van der Waals surface area contributed by atoms with Crippen molar-refractivity contribution in [2.45, 2.75) is 32.6 Å². The molecule has 0 aliphatic carbocycles. The molecule has 1 heterocycles. The van der Waals surface area contributed by atoms with Crippen molar-refractivity contribution >= 4 is 22.6 Å². The number of nitrogens with one attached hydrogen (secondary N) is 2. The Kier molecular flexibility index (Phi) is 4.71. The second-order valence-corrected chi connectivity index (χ2v) is 5.69. The van der Waals surface area contributed by atoms with E-state index in [9.17, 15) is 4.79 Å². The van der Waals surface area contributed by atoms with Crippen LogP contribution in [0.25, 0.3) is 22.4 Å². The number of H-pyrrole nitrogens is 1. The predicted molar refractivity (Wildman–Crippen MR) is 94.3 cm³/mol. The summed E-state index contributed by atoms with van der Waals surface area (Å²) in [5, 5.41) is 2.94. The summed E-state index contributed by atoms with van der Waals surface area (Å²) in [6.07, 6.45) is 3.75. The monoisotopic (exact) mass is 307 g/mol. The van der Waals surface area contributed by atoms with Crippen LogP contribution in [0.5, 0.6) is 0 Å². The number of imidazole rings is 1. The van der Waals surface area contributed by atoms with E-state index in [1.165, 1.54) is 0 Å². The number of unbranched alkanes of at least 4 members (excludes halogenated alkanes) is 2. The summed E-state index contributed by atoms with van der Waals surface area (Å²) in [6.45, 7) is 2.13. The summed E-state index contributed by atoms with van der Waals surface area (Å²) in [6, 6.07) is 15.7. The Bertz CT molecular complexity index is 757. The summed E-state index contributed by atoms with van der Waals surface area (Å²) in [4.78, 5) is 19.7. The van der Waals surface area contributed by atoms with Crippen LogP contribution in [0.1, 0.15) is 32.6 Å². The van der Waals surface area contributed by atoms with Gasteiger partial charge >= 0.3 is 0 Å². The molecule has 0 aliphatic rings. The van der Waals surface area contributed by atoms with Gasteiger partial charge in [-0.25, -0.2) is 4.98 Å².